The monoisotopic (exact) mass is 356 g/mol. The van der Waals surface area contributed by atoms with Crippen molar-refractivity contribution in [1.82, 2.24) is 10.2 Å². The highest BCUT2D eigenvalue weighted by atomic mass is 79.9. The van der Waals surface area contributed by atoms with Gasteiger partial charge >= 0.3 is 0 Å². The van der Waals surface area contributed by atoms with Gasteiger partial charge in [-0.2, -0.15) is 0 Å². The number of hydrogen-bond acceptors (Lipinski definition) is 3. The Bertz CT molecular complexity index is 513. The van der Waals surface area contributed by atoms with E-state index in [0.29, 0.717) is 13.0 Å². The molecule has 0 unspecified atom stereocenters. The number of thiophene rings is 1. The van der Waals surface area contributed by atoms with Gasteiger partial charge in [0.05, 0.1) is 3.79 Å². The second kappa shape index (κ2) is 7.59. The van der Waals surface area contributed by atoms with Crippen molar-refractivity contribution < 1.29 is 9.59 Å². The van der Waals surface area contributed by atoms with E-state index in [9.17, 15) is 9.59 Å². The molecule has 108 valence electrons. The second-order valence-corrected chi connectivity index (χ2v) is 7.10. The summed E-state index contributed by atoms with van der Waals surface area (Å²) >= 11 is 4.96. The molecule has 1 aliphatic heterocycles. The van der Waals surface area contributed by atoms with E-state index in [1.165, 1.54) is 0 Å². The first-order valence-electron chi connectivity index (χ1n) is 6.64. The van der Waals surface area contributed by atoms with E-state index in [0.717, 1.165) is 34.6 Å². The zero-order valence-electron chi connectivity index (χ0n) is 11.1. The van der Waals surface area contributed by atoms with Crippen molar-refractivity contribution in [2.75, 3.05) is 19.6 Å². The van der Waals surface area contributed by atoms with Gasteiger partial charge in [-0.15, -0.1) is 11.3 Å². The average molecular weight is 357 g/mol. The molecule has 4 nitrogen and oxygen atoms in total. The zero-order chi connectivity index (χ0) is 14.4. The molecule has 0 bridgehead atoms. The summed E-state index contributed by atoms with van der Waals surface area (Å²) < 4.78 is 1.05. The van der Waals surface area contributed by atoms with Gasteiger partial charge in [0.1, 0.15) is 0 Å². The third-order valence-electron chi connectivity index (χ3n) is 3.07. The molecule has 0 aliphatic carbocycles. The molecule has 1 aromatic heterocycles. The third kappa shape index (κ3) is 4.76. The minimum Gasteiger partial charge on any atom is -0.352 e. The Morgan fingerprint density at radius 3 is 3.00 bits per heavy atom. The van der Waals surface area contributed by atoms with Crippen LogP contribution in [0.25, 0.3) is 6.08 Å². The van der Waals surface area contributed by atoms with E-state index < -0.39 is 0 Å². The molecule has 0 atom stereocenters. The van der Waals surface area contributed by atoms with Crippen LogP contribution in [0.1, 0.15) is 24.1 Å². The lowest BCUT2D eigenvalue weighted by molar-refractivity contribution is -0.127. The topological polar surface area (TPSA) is 49.4 Å². The first-order chi connectivity index (χ1) is 9.65. The standard InChI is InChI=1S/C14H17BrN2O2S/c15-12-6-4-11(20-12)5-7-13(18)16-8-2-10-17-9-1-3-14(17)19/h4-7H,1-3,8-10H2,(H,16,18)/b7-5+. The van der Waals surface area contributed by atoms with E-state index in [1.54, 1.807) is 23.5 Å². The number of likely N-dealkylation sites (tertiary alicyclic amines) is 1. The number of rotatable bonds is 6. The third-order valence-corrected chi connectivity index (χ3v) is 4.66. The van der Waals surface area contributed by atoms with Crippen LogP contribution in [0.2, 0.25) is 0 Å². The predicted octanol–water partition coefficient (Wildman–Crippen LogP) is 2.65. The van der Waals surface area contributed by atoms with Crippen molar-refractivity contribution in [2.45, 2.75) is 19.3 Å². The highest BCUT2D eigenvalue weighted by Gasteiger charge is 2.18. The van der Waals surface area contributed by atoms with Gasteiger partial charge in [-0.1, -0.05) is 0 Å². The molecule has 6 heteroatoms. The maximum atomic E-state index is 11.6. The van der Waals surface area contributed by atoms with Crippen molar-refractivity contribution in [3.63, 3.8) is 0 Å². The van der Waals surface area contributed by atoms with Crippen LogP contribution >= 0.6 is 27.3 Å². The van der Waals surface area contributed by atoms with Gasteiger partial charge < -0.3 is 10.2 Å². The van der Waals surface area contributed by atoms with E-state index in [4.69, 9.17) is 0 Å². The lowest BCUT2D eigenvalue weighted by Crippen LogP contribution is -2.29. The Kier molecular flexibility index (Phi) is 5.79. The van der Waals surface area contributed by atoms with E-state index in [1.807, 2.05) is 17.0 Å². The fourth-order valence-electron chi connectivity index (χ4n) is 2.06. The van der Waals surface area contributed by atoms with Crippen LogP contribution in [0.4, 0.5) is 0 Å². The number of halogens is 1. The van der Waals surface area contributed by atoms with Crippen LogP contribution in [0, 0.1) is 0 Å². The van der Waals surface area contributed by atoms with E-state index in [-0.39, 0.29) is 11.8 Å². The summed E-state index contributed by atoms with van der Waals surface area (Å²) in [6.45, 7) is 2.20. The average Bonchev–Trinajstić information content (AvgIpc) is 3.01. The Hall–Kier alpha value is -1.14. The van der Waals surface area contributed by atoms with E-state index in [2.05, 4.69) is 21.2 Å². The summed E-state index contributed by atoms with van der Waals surface area (Å²) in [4.78, 5) is 25.9. The van der Waals surface area contributed by atoms with Gasteiger partial charge in [0.2, 0.25) is 11.8 Å². The highest BCUT2D eigenvalue weighted by Crippen LogP contribution is 2.22. The predicted molar refractivity (Wildman–Crippen MR) is 84.5 cm³/mol. The number of hydrogen-bond donors (Lipinski definition) is 1. The number of nitrogens with one attached hydrogen (secondary N) is 1. The second-order valence-electron chi connectivity index (χ2n) is 4.60. The Labute approximate surface area is 131 Å². The quantitative estimate of drug-likeness (QED) is 0.629. The van der Waals surface area contributed by atoms with E-state index >= 15 is 0 Å². The van der Waals surface area contributed by atoms with Crippen LogP contribution in [0.5, 0.6) is 0 Å². The van der Waals surface area contributed by atoms with Gasteiger partial charge in [0.25, 0.3) is 0 Å². The molecule has 2 rings (SSSR count). The normalized spacial score (nSPS) is 15.2. The van der Waals surface area contributed by atoms with Crippen molar-refractivity contribution in [2.24, 2.45) is 0 Å². The SMILES string of the molecule is O=C(/C=C/c1ccc(Br)s1)NCCCN1CCCC1=O. The van der Waals surface area contributed by atoms with Crippen molar-refractivity contribution in [3.8, 4) is 0 Å². The lowest BCUT2D eigenvalue weighted by atomic mass is 10.3. The molecule has 20 heavy (non-hydrogen) atoms. The molecule has 0 saturated carbocycles. The molecule has 1 aliphatic rings. The molecule has 1 N–H and O–H groups in total. The summed E-state index contributed by atoms with van der Waals surface area (Å²) in [5, 5.41) is 2.83. The molecule has 2 amide bonds. The Morgan fingerprint density at radius 1 is 1.50 bits per heavy atom. The van der Waals surface area contributed by atoms with Gasteiger partial charge in [0, 0.05) is 37.0 Å². The molecular formula is C14H17BrN2O2S. The molecule has 1 aromatic rings. The minimum atomic E-state index is -0.0951. The molecule has 0 radical (unpaired) electrons. The maximum absolute atomic E-state index is 11.6. The summed E-state index contributed by atoms with van der Waals surface area (Å²) in [6.07, 6.45) is 5.78. The lowest BCUT2D eigenvalue weighted by Gasteiger charge is -2.14. The number of carbonyl (C=O) groups is 2. The first kappa shape index (κ1) is 15.3. The summed E-state index contributed by atoms with van der Waals surface area (Å²) in [6, 6.07) is 3.91. The fourth-order valence-corrected chi connectivity index (χ4v) is 3.38. The summed E-state index contributed by atoms with van der Waals surface area (Å²) in [7, 11) is 0. The number of nitrogens with zero attached hydrogens (tertiary/aromatic N) is 1. The van der Waals surface area contributed by atoms with Crippen molar-refractivity contribution in [1.29, 1.82) is 0 Å². The zero-order valence-corrected chi connectivity index (χ0v) is 13.5. The van der Waals surface area contributed by atoms with Gasteiger partial charge in [-0.3, -0.25) is 9.59 Å². The molecule has 1 saturated heterocycles. The van der Waals surface area contributed by atoms with Crippen LogP contribution in [-0.2, 0) is 9.59 Å². The Balaban J connectivity index is 1.62. The van der Waals surface area contributed by atoms with Gasteiger partial charge in [-0.25, -0.2) is 0 Å². The van der Waals surface area contributed by atoms with Crippen LogP contribution in [0.3, 0.4) is 0 Å². The van der Waals surface area contributed by atoms with Crippen molar-refractivity contribution >= 4 is 45.2 Å². The van der Waals surface area contributed by atoms with Crippen LogP contribution in [0.15, 0.2) is 22.0 Å². The van der Waals surface area contributed by atoms with Crippen molar-refractivity contribution in [3.05, 3.63) is 26.9 Å². The molecule has 0 aromatic carbocycles. The van der Waals surface area contributed by atoms with Gasteiger partial charge in [0.15, 0.2) is 0 Å². The fraction of sp³-hybridized carbons (Fsp3) is 0.429. The smallest absolute Gasteiger partial charge is 0.244 e. The molecule has 0 spiro atoms. The largest absolute Gasteiger partial charge is 0.352 e. The van der Waals surface area contributed by atoms with Gasteiger partial charge in [-0.05, 0) is 47.0 Å². The summed E-state index contributed by atoms with van der Waals surface area (Å²) in [5.41, 5.74) is 0. The molecule has 1 fully saturated rings. The Morgan fingerprint density at radius 2 is 2.35 bits per heavy atom. The number of amides is 2. The highest BCUT2D eigenvalue weighted by molar-refractivity contribution is 9.11. The van der Waals surface area contributed by atoms with Crippen LogP contribution < -0.4 is 5.32 Å². The number of carbonyl (C=O) groups excluding carboxylic acids is 2. The minimum absolute atomic E-state index is 0.0951. The molecule has 2 heterocycles. The molecular weight excluding hydrogens is 340 g/mol. The maximum Gasteiger partial charge on any atom is 0.244 e. The first-order valence-corrected chi connectivity index (χ1v) is 8.25. The van der Waals surface area contributed by atoms with Crippen LogP contribution in [-0.4, -0.2) is 36.3 Å². The summed E-state index contributed by atoms with van der Waals surface area (Å²) in [5.74, 6) is 0.141.